The van der Waals surface area contributed by atoms with Gasteiger partial charge in [0, 0.05) is 43.4 Å². The lowest BCUT2D eigenvalue weighted by Crippen LogP contribution is -2.49. The number of benzene rings is 1. The number of rotatable bonds is 4. The summed E-state index contributed by atoms with van der Waals surface area (Å²) in [5, 5.41) is 6.75. The highest BCUT2D eigenvalue weighted by molar-refractivity contribution is 7.09. The molecule has 0 aliphatic carbocycles. The number of halogens is 1. The van der Waals surface area contributed by atoms with Crippen molar-refractivity contribution in [2.75, 3.05) is 19.8 Å². The second kappa shape index (κ2) is 7.50. The molecule has 0 amide bonds. The molecule has 1 spiro atoms. The fourth-order valence-corrected chi connectivity index (χ4v) is 4.42. The number of thiazole rings is 1. The van der Waals surface area contributed by atoms with Gasteiger partial charge in [-0.2, -0.15) is 0 Å². The molecule has 1 aromatic carbocycles. The van der Waals surface area contributed by atoms with Crippen LogP contribution in [0, 0.1) is 5.82 Å². The van der Waals surface area contributed by atoms with E-state index in [4.69, 9.17) is 9.47 Å². The summed E-state index contributed by atoms with van der Waals surface area (Å²) in [7, 11) is 0. The molecular weight excluding hydrogens is 339 g/mol. The predicted octanol–water partition coefficient (Wildman–Crippen LogP) is 3.77. The maximum absolute atomic E-state index is 13.0. The number of hydrogen-bond acceptors (Lipinski definition) is 5. The van der Waals surface area contributed by atoms with Crippen molar-refractivity contribution in [2.24, 2.45) is 0 Å². The molecule has 1 aromatic heterocycles. The van der Waals surface area contributed by atoms with Crippen LogP contribution < -0.4 is 5.32 Å². The molecule has 2 aliphatic rings. The Labute approximate surface area is 151 Å². The summed E-state index contributed by atoms with van der Waals surface area (Å²) >= 11 is 1.65. The minimum Gasteiger partial charge on any atom is -0.381 e. The van der Waals surface area contributed by atoms with Gasteiger partial charge in [0.1, 0.15) is 10.8 Å². The summed E-state index contributed by atoms with van der Waals surface area (Å²) in [4.78, 5) is 4.68. The standard InChI is InChI=1S/C19H23FN2O2S/c20-15-3-1-14(2-4-15)17-13-25-18(22-17)12-21-16-5-8-24-19(11-16)6-9-23-10-7-19/h1-4,13,16,21H,5-12H2. The number of nitrogens with one attached hydrogen (secondary N) is 1. The van der Waals surface area contributed by atoms with Crippen LogP contribution in [0.5, 0.6) is 0 Å². The lowest BCUT2D eigenvalue weighted by molar-refractivity contribution is -0.140. The summed E-state index contributed by atoms with van der Waals surface area (Å²) < 4.78 is 24.6. The minimum atomic E-state index is -0.220. The van der Waals surface area contributed by atoms with E-state index in [0.29, 0.717) is 6.04 Å². The van der Waals surface area contributed by atoms with E-state index in [0.717, 1.165) is 68.3 Å². The van der Waals surface area contributed by atoms with Gasteiger partial charge in [-0.25, -0.2) is 9.37 Å². The molecule has 6 heteroatoms. The molecule has 1 unspecified atom stereocenters. The Morgan fingerprint density at radius 3 is 2.80 bits per heavy atom. The van der Waals surface area contributed by atoms with Crippen molar-refractivity contribution in [2.45, 2.75) is 43.9 Å². The van der Waals surface area contributed by atoms with Crippen LogP contribution in [-0.4, -0.2) is 36.4 Å². The maximum Gasteiger partial charge on any atom is 0.123 e. The molecule has 4 nitrogen and oxygen atoms in total. The number of nitrogens with zero attached hydrogens (tertiary/aromatic N) is 1. The average Bonchev–Trinajstić information content (AvgIpc) is 3.10. The van der Waals surface area contributed by atoms with E-state index < -0.39 is 0 Å². The van der Waals surface area contributed by atoms with E-state index in [1.807, 2.05) is 5.38 Å². The van der Waals surface area contributed by atoms with Gasteiger partial charge >= 0.3 is 0 Å². The first-order valence-electron chi connectivity index (χ1n) is 8.88. The van der Waals surface area contributed by atoms with Crippen LogP contribution in [0.25, 0.3) is 11.3 Å². The zero-order chi connectivity index (χ0) is 17.1. The first-order chi connectivity index (χ1) is 12.2. The quantitative estimate of drug-likeness (QED) is 0.899. The van der Waals surface area contributed by atoms with E-state index in [-0.39, 0.29) is 11.4 Å². The van der Waals surface area contributed by atoms with Gasteiger partial charge < -0.3 is 14.8 Å². The Morgan fingerprint density at radius 1 is 1.20 bits per heavy atom. The van der Waals surface area contributed by atoms with E-state index in [9.17, 15) is 4.39 Å². The van der Waals surface area contributed by atoms with Gasteiger partial charge in [-0.1, -0.05) is 0 Å². The highest BCUT2D eigenvalue weighted by Crippen LogP contribution is 2.34. The van der Waals surface area contributed by atoms with Gasteiger partial charge in [0.25, 0.3) is 0 Å². The zero-order valence-electron chi connectivity index (χ0n) is 14.2. The normalized spacial score (nSPS) is 23.0. The van der Waals surface area contributed by atoms with E-state index in [1.54, 1.807) is 23.5 Å². The zero-order valence-corrected chi connectivity index (χ0v) is 15.0. The fourth-order valence-electron chi connectivity index (χ4n) is 3.67. The lowest BCUT2D eigenvalue weighted by Gasteiger charge is -2.43. The van der Waals surface area contributed by atoms with Gasteiger partial charge in [0.05, 0.1) is 11.3 Å². The van der Waals surface area contributed by atoms with Gasteiger partial charge in [0.2, 0.25) is 0 Å². The number of aromatic nitrogens is 1. The van der Waals surface area contributed by atoms with Crippen LogP contribution in [0.2, 0.25) is 0 Å². The van der Waals surface area contributed by atoms with Crippen LogP contribution in [0.4, 0.5) is 4.39 Å². The number of ether oxygens (including phenoxy) is 2. The highest BCUT2D eigenvalue weighted by atomic mass is 32.1. The van der Waals surface area contributed by atoms with Crippen LogP contribution in [0.3, 0.4) is 0 Å². The molecule has 0 bridgehead atoms. The molecule has 3 heterocycles. The molecule has 2 aliphatic heterocycles. The predicted molar refractivity (Wildman–Crippen MR) is 96.1 cm³/mol. The largest absolute Gasteiger partial charge is 0.381 e. The molecule has 0 saturated carbocycles. The van der Waals surface area contributed by atoms with Crippen LogP contribution in [0.1, 0.15) is 30.7 Å². The molecule has 25 heavy (non-hydrogen) atoms. The summed E-state index contributed by atoms with van der Waals surface area (Å²) in [6.07, 6.45) is 4.08. The maximum atomic E-state index is 13.0. The van der Waals surface area contributed by atoms with Gasteiger partial charge in [-0.05, 0) is 49.9 Å². The fraction of sp³-hybridized carbons (Fsp3) is 0.526. The van der Waals surface area contributed by atoms with Crippen molar-refractivity contribution < 1.29 is 13.9 Å². The molecule has 4 rings (SSSR count). The van der Waals surface area contributed by atoms with Crippen molar-refractivity contribution >= 4 is 11.3 Å². The van der Waals surface area contributed by atoms with Gasteiger partial charge in [-0.3, -0.25) is 0 Å². The first-order valence-corrected chi connectivity index (χ1v) is 9.76. The molecule has 0 radical (unpaired) electrons. The number of hydrogen-bond donors (Lipinski definition) is 1. The van der Waals surface area contributed by atoms with Crippen LogP contribution in [0.15, 0.2) is 29.6 Å². The summed E-state index contributed by atoms with van der Waals surface area (Å²) in [6, 6.07) is 6.96. The topological polar surface area (TPSA) is 43.4 Å². The summed E-state index contributed by atoms with van der Waals surface area (Å²) in [5.41, 5.74) is 1.88. The Kier molecular flexibility index (Phi) is 5.12. The van der Waals surface area contributed by atoms with E-state index in [1.165, 1.54) is 12.1 Å². The molecule has 2 saturated heterocycles. The minimum absolute atomic E-state index is 0.0102. The summed E-state index contributed by atoms with van der Waals surface area (Å²) in [6.45, 7) is 3.19. The van der Waals surface area contributed by atoms with Gasteiger partial charge in [-0.15, -0.1) is 11.3 Å². The Hall–Kier alpha value is -1.34. The molecule has 134 valence electrons. The average molecular weight is 362 g/mol. The monoisotopic (exact) mass is 362 g/mol. The Balaban J connectivity index is 1.34. The molecule has 2 aromatic rings. The van der Waals surface area contributed by atoms with Gasteiger partial charge in [0.15, 0.2) is 0 Å². The van der Waals surface area contributed by atoms with Crippen molar-refractivity contribution in [1.82, 2.24) is 10.3 Å². The third-order valence-electron chi connectivity index (χ3n) is 5.13. The third kappa shape index (κ3) is 4.08. The summed E-state index contributed by atoms with van der Waals surface area (Å²) in [5.74, 6) is -0.220. The lowest BCUT2D eigenvalue weighted by atomic mass is 9.84. The second-order valence-corrected chi connectivity index (χ2v) is 7.79. The molecule has 1 atom stereocenters. The van der Waals surface area contributed by atoms with Crippen molar-refractivity contribution in [3.63, 3.8) is 0 Å². The van der Waals surface area contributed by atoms with Crippen molar-refractivity contribution in [1.29, 1.82) is 0 Å². The molecule has 1 N–H and O–H groups in total. The Morgan fingerprint density at radius 2 is 2.00 bits per heavy atom. The second-order valence-electron chi connectivity index (χ2n) is 6.85. The SMILES string of the molecule is Fc1ccc(-c2csc(CNC3CCOC4(CCOCC4)C3)n2)cc1. The van der Waals surface area contributed by atoms with Crippen molar-refractivity contribution in [3.8, 4) is 11.3 Å². The third-order valence-corrected chi connectivity index (χ3v) is 5.98. The van der Waals surface area contributed by atoms with Crippen LogP contribution >= 0.6 is 11.3 Å². The Bertz CT molecular complexity index is 692. The van der Waals surface area contributed by atoms with Crippen molar-refractivity contribution in [3.05, 3.63) is 40.5 Å². The molecular formula is C19H23FN2O2S. The molecule has 2 fully saturated rings. The van der Waals surface area contributed by atoms with E-state index >= 15 is 0 Å². The van der Waals surface area contributed by atoms with E-state index in [2.05, 4.69) is 10.3 Å². The van der Waals surface area contributed by atoms with Crippen LogP contribution in [-0.2, 0) is 16.0 Å². The smallest absolute Gasteiger partial charge is 0.123 e. The highest BCUT2D eigenvalue weighted by Gasteiger charge is 2.38. The first kappa shape index (κ1) is 17.1.